The van der Waals surface area contributed by atoms with Crippen LogP contribution < -0.4 is 11.3 Å². The molecule has 2 rings (SSSR count). The van der Waals surface area contributed by atoms with Gasteiger partial charge >= 0.3 is 0 Å². The van der Waals surface area contributed by atoms with Gasteiger partial charge in [-0.2, -0.15) is 11.8 Å². The number of hydrazine groups is 1. The quantitative estimate of drug-likeness (QED) is 0.602. The van der Waals surface area contributed by atoms with E-state index in [0.29, 0.717) is 6.04 Å². The SMILES string of the molecule is CC1CCC(C(NN)C2CCCCS2)CC1C. The second-order valence-corrected chi connectivity index (χ2v) is 7.47. The predicted octanol–water partition coefficient (Wildman–Crippen LogP) is 3.18. The summed E-state index contributed by atoms with van der Waals surface area (Å²) in [6.45, 7) is 4.82. The van der Waals surface area contributed by atoms with E-state index in [1.54, 1.807) is 0 Å². The van der Waals surface area contributed by atoms with Gasteiger partial charge in [0.05, 0.1) is 0 Å². The third-order valence-electron chi connectivity index (χ3n) is 4.95. The van der Waals surface area contributed by atoms with Crippen LogP contribution in [0.25, 0.3) is 0 Å². The van der Waals surface area contributed by atoms with Gasteiger partial charge in [-0.05, 0) is 49.2 Å². The molecule has 3 N–H and O–H groups in total. The lowest BCUT2D eigenvalue weighted by atomic mass is 9.72. The van der Waals surface area contributed by atoms with Crippen LogP contribution in [0.3, 0.4) is 0 Å². The summed E-state index contributed by atoms with van der Waals surface area (Å²) in [6, 6.07) is 0.551. The highest BCUT2D eigenvalue weighted by atomic mass is 32.2. The van der Waals surface area contributed by atoms with Gasteiger partial charge < -0.3 is 0 Å². The molecule has 0 aromatic heterocycles. The molecule has 2 aliphatic rings. The second-order valence-electron chi connectivity index (χ2n) is 6.13. The molecule has 100 valence electrons. The Hall–Kier alpha value is 0.270. The molecule has 3 heteroatoms. The number of nitrogens with two attached hydrogens (primary N) is 1. The molecule has 17 heavy (non-hydrogen) atoms. The summed E-state index contributed by atoms with van der Waals surface area (Å²) in [5.74, 6) is 9.77. The molecule has 2 fully saturated rings. The van der Waals surface area contributed by atoms with Crippen molar-refractivity contribution in [1.29, 1.82) is 0 Å². The molecular weight excluding hydrogens is 228 g/mol. The number of thioether (sulfide) groups is 1. The van der Waals surface area contributed by atoms with E-state index in [1.807, 2.05) is 0 Å². The van der Waals surface area contributed by atoms with Gasteiger partial charge in [-0.15, -0.1) is 0 Å². The van der Waals surface area contributed by atoms with Crippen LogP contribution in [0, 0.1) is 17.8 Å². The third-order valence-corrected chi connectivity index (χ3v) is 6.44. The largest absolute Gasteiger partial charge is 0.271 e. The van der Waals surface area contributed by atoms with Crippen LogP contribution in [0.4, 0.5) is 0 Å². The highest BCUT2D eigenvalue weighted by Gasteiger charge is 2.34. The van der Waals surface area contributed by atoms with Crippen LogP contribution in [0.1, 0.15) is 52.4 Å². The molecule has 0 aromatic rings. The summed E-state index contributed by atoms with van der Waals surface area (Å²) in [7, 11) is 0. The molecule has 1 saturated carbocycles. The zero-order valence-electron chi connectivity index (χ0n) is 11.3. The molecule has 1 heterocycles. The number of hydrogen-bond donors (Lipinski definition) is 2. The highest BCUT2D eigenvalue weighted by Crippen LogP contribution is 2.39. The Bertz CT molecular complexity index is 228. The van der Waals surface area contributed by atoms with E-state index in [-0.39, 0.29) is 0 Å². The molecule has 0 aromatic carbocycles. The predicted molar refractivity (Wildman–Crippen MR) is 76.9 cm³/mol. The fraction of sp³-hybridized carbons (Fsp3) is 1.00. The number of nitrogens with one attached hydrogen (secondary N) is 1. The first-order valence-corrected chi connectivity index (χ1v) is 8.35. The molecule has 5 unspecified atom stereocenters. The van der Waals surface area contributed by atoms with Crippen LogP contribution in [-0.2, 0) is 0 Å². The van der Waals surface area contributed by atoms with Crippen LogP contribution in [0.15, 0.2) is 0 Å². The Kier molecular flexibility index (Phi) is 5.19. The summed E-state index contributed by atoms with van der Waals surface area (Å²) < 4.78 is 0. The van der Waals surface area contributed by atoms with Crippen molar-refractivity contribution in [2.45, 2.75) is 63.7 Å². The van der Waals surface area contributed by atoms with Crippen molar-refractivity contribution in [2.24, 2.45) is 23.6 Å². The van der Waals surface area contributed by atoms with Crippen molar-refractivity contribution in [1.82, 2.24) is 5.43 Å². The first-order chi connectivity index (χ1) is 8.22. The second kappa shape index (κ2) is 6.44. The first-order valence-electron chi connectivity index (χ1n) is 7.30. The van der Waals surface area contributed by atoms with E-state index in [4.69, 9.17) is 5.84 Å². The molecule has 0 radical (unpaired) electrons. The number of rotatable bonds is 3. The van der Waals surface area contributed by atoms with Gasteiger partial charge in [-0.1, -0.05) is 26.7 Å². The maximum Gasteiger partial charge on any atom is 0.0357 e. The van der Waals surface area contributed by atoms with Gasteiger partial charge in [-0.25, -0.2) is 0 Å². The minimum Gasteiger partial charge on any atom is -0.271 e. The molecule has 1 saturated heterocycles. The van der Waals surface area contributed by atoms with Crippen molar-refractivity contribution < 1.29 is 0 Å². The van der Waals surface area contributed by atoms with Crippen molar-refractivity contribution in [3.05, 3.63) is 0 Å². The summed E-state index contributed by atoms with van der Waals surface area (Å²) in [5, 5.41) is 0.763. The van der Waals surface area contributed by atoms with E-state index < -0.39 is 0 Å². The standard InChI is InChI=1S/C14H28N2S/c1-10-6-7-12(9-11(10)2)14(16-15)13-5-3-4-8-17-13/h10-14,16H,3-9,15H2,1-2H3. The van der Waals surface area contributed by atoms with E-state index in [1.165, 1.54) is 44.3 Å². The lowest BCUT2D eigenvalue weighted by molar-refractivity contribution is 0.167. The molecular formula is C14H28N2S. The normalized spacial score (nSPS) is 41.1. The Balaban J connectivity index is 1.93. The van der Waals surface area contributed by atoms with E-state index in [2.05, 4.69) is 31.0 Å². The minimum absolute atomic E-state index is 0.551. The highest BCUT2D eigenvalue weighted by molar-refractivity contribution is 8.00. The maximum atomic E-state index is 5.85. The Labute approximate surface area is 110 Å². The number of hydrogen-bond acceptors (Lipinski definition) is 3. The summed E-state index contributed by atoms with van der Waals surface area (Å²) in [6.07, 6.45) is 8.29. The lowest BCUT2D eigenvalue weighted by Crippen LogP contribution is -2.50. The van der Waals surface area contributed by atoms with Gasteiger partial charge in [0.15, 0.2) is 0 Å². The molecule has 1 aliphatic heterocycles. The van der Waals surface area contributed by atoms with E-state index in [9.17, 15) is 0 Å². The molecule has 2 nitrogen and oxygen atoms in total. The van der Waals surface area contributed by atoms with Crippen molar-refractivity contribution >= 4 is 11.8 Å². The molecule has 0 bridgehead atoms. The van der Waals surface area contributed by atoms with Crippen molar-refractivity contribution in [2.75, 3.05) is 5.75 Å². The maximum absolute atomic E-state index is 5.85. The van der Waals surface area contributed by atoms with E-state index >= 15 is 0 Å². The summed E-state index contributed by atoms with van der Waals surface area (Å²) in [5.41, 5.74) is 3.16. The van der Waals surface area contributed by atoms with Crippen molar-refractivity contribution in [3.8, 4) is 0 Å². The average molecular weight is 256 g/mol. The molecule has 1 aliphatic carbocycles. The summed E-state index contributed by atoms with van der Waals surface area (Å²) >= 11 is 2.15. The molecule has 0 amide bonds. The van der Waals surface area contributed by atoms with Crippen molar-refractivity contribution in [3.63, 3.8) is 0 Å². The topological polar surface area (TPSA) is 38.0 Å². The Morgan fingerprint density at radius 1 is 1.12 bits per heavy atom. The van der Waals surface area contributed by atoms with Crippen LogP contribution in [-0.4, -0.2) is 17.0 Å². The average Bonchev–Trinajstić information content (AvgIpc) is 2.36. The monoisotopic (exact) mass is 256 g/mol. The Morgan fingerprint density at radius 3 is 2.53 bits per heavy atom. The summed E-state index contributed by atoms with van der Waals surface area (Å²) in [4.78, 5) is 0. The fourth-order valence-electron chi connectivity index (χ4n) is 3.51. The Morgan fingerprint density at radius 2 is 1.94 bits per heavy atom. The zero-order valence-corrected chi connectivity index (χ0v) is 12.1. The molecule has 5 atom stereocenters. The van der Waals surface area contributed by atoms with Crippen LogP contribution >= 0.6 is 11.8 Å². The van der Waals surface area contributed by atoms with Gasteiger partial charge in [0.1, 0.15) is 0 Å². The third kappa shape index (κ3) is 3.39. The lowest BCUT2D eigenvalue weighted by Gasteiger charge is -2.40. The first kappa shape index (κ1) is 13.7. The minimum atomic E-state index is 0.551. The van der Waals surface area contributed by atoms with Gasteiger partial charge in [0, 0.05) is 11.3 Å². The van der Waals surface area contributed by atoms with Gasteiger partial charge in [-0.3, -0.25) is 11.3 Å². The fourth-order valence-corrected chi connectivity index (χ4v) is 5.03. The zero-order chi connectivity index (χ0) is 12.3. The molecule has 0 spiro atoms. The van der Waals surface area contributed by atoms with Gasteiger partial charge in [0.2, 0.25) is 0 Å². The van der Waals surface area contributed by atoms with Crippen LogP contribution in [0.5, 0.6) is 0 Å². The van der Waals surface area contributed by atoms with Gasteiger partial charge in [0.25, 0.3) is 0 Å². The van der Waals surface area contributed by atoms with Crippen LogP contribution in [0.2, 0.25) is 0 Å². The van der Waals surface area contributed by atoms with E-state index in [0.717, 1.165) is 23.0 Å². The smallest absolute Gasteiger partial charge is 0.0357 e.